The van der Waals surface area contributed by atoms with Gasteiger partial charge >= 0.3 is 12.2 Å². The van der Waals surface area contributed by atoms with Crippen LogP contribution in [0, 0.1) is 20.8 Å². The van der Waals surface area contributed by atoms with Gasteiger partial charge in [0.1, 0.15) is 24.3 Å². The number of piperazine rings is 2. The van der Waals surface area contributed by atoms with E-state index < -0.39 is 23.4 Å². The average Bonchev–Trinajstić information content (AvgIpc) is 3.10. The minimum atomic E-state index is -0.550. The van der Waals surface area contributed by atoms with Gasteiger partial charge in [0, 0.05) is 46.1 Å². The van der Waals surface area contributed by atoms with Crippen LogP contribution in [0.15, 0.2) is 68.0 Å². The molecule has 0 aromatic heterocycles. The molecule has 3 aromatic rings. The zero-order chi connectivity index (χ0) is 43.1. The first kappa shape index (κ1) is 49.6. The van der Waals surface area contributed by atoms with E-state index in [0.717, 1.165) is 46.8 Å². The molecule has 2 saturated heterocycles. The van der Waals surface area contributed by atoms with Crippen LogP contribution in [0.1, 0.15) is 74.9 Å². The minimum absolute atomic E-state index is 0.0515. The van der Waals surface area contributed by atoms with E-state index in [0.29, 0.717) is 32.7 Å². The number of hydrogen-bond acceptors (Lipinski definition) is 8. The van der Waals surface area contributed by atoms with Gasteiger partial charge in [-0.1, -0.05) is 66.0 Å². The maximum Gasteiger partial charge on any atom is 0.410 e. The van der Waals surface area contributed by atoms with Gasteiger partial charge in [0.2, 0.25) is 11.8 Å². The van der Waals surface area contributed by atoms with Gasteiger partial charge in [-0.15, -0.1) is 0 Å². The van der Waals surface area contributed by atoms with E-state index >= 15 is 0 Å². The Bertz CT molecular complexity index is 1780. The van der Waals surface area contributed by atoms with Crippen LogP contribution in [0.25, 0.3) is 0 Å². The van der Waals surface area contributed by atoms with E-state index in [1.54, 1.807) is 25.7 Å². The molecule has 57 heavy (non-hydrogen) atoms. The third-order valence-electron chi connectivity index (χ3n) is 8.28. The number of aryl methyl sites for hydroxylation is 3. The van der Waals surface area contributed by atoms with Crippen molar-refractivity contribution in [1.82, 2.24) is 20.0 Å². The van der Waals surface area contributed by atoms with E-state index in [-0.39, 0.29) is 38.1 Å². The molecule has 0 atom stereocenters. The molecule has 314 valence electrons. The lowest BCUT2D eigenvalue weighted by Crippen LogP contribution is -2.52. The molecule has 12 nitrogen and oxygen atoms in total. The third-order valence-corrected chi connectivity index (χ3v) is 9.76. The predicted octanol–water partition coefficient (Wildman–Crippen LogP) is 8.19. The number of rotatable bonds is 4. The summed E-state index contributed by atoms with van der Waals surface area (Å²) in [5, 5.41) is 20.2. The van der Waals surface area contributed by atoms with E-state index in [9.17, 15) is 19.2 Å². The largest absolute Gasteiger partial charge is 0.444 e. The molecule has 0 aliphatic carbocycles. The van der Waals surface area contributed by atoms with Gasteiger partial charge in [-0.25, -0.2) is 9.59 Å². The number of amides is 4. The molecule has 4 amide bonds. The number of benzene rings is 3. The molecule has 2 aliphatic heterocycles. The molecule has 3 N–H and O–H groups in total. The van der Waals surface area contributed by atoms with Crippen molar-refractivity contribution in [2.24, 2.45) is 0 Å². The highest BCUT2D eigenvalue weighted by atomic mass is 79.9. The molecule has 5 rings (SSSR count). The Balaban J connectivity index is 0.000000282. The highest BCUT2D eigenvalue weighted by Gasteiger charge is 2.30. The SMILES string of the molecule is CC(C)(C)OC(=O)N1CCNC(=O)C1.Cc1cc(Br)ccc1CN1CCN(C(=O)OC(C)(C)C)CC1=O.Cc1cc(Br)ccc1CO.Cc1cc(Br)ccc1CO. The van der Waals surface area contributed by atoms with Crippen LogP contribution in [0.3, 0.4) is 0 Å². The van der Waals surface area contributed by atoms with Gasteiger partial charge in [-0.2, -0.15) is 0 Å². The number of carbonyl (C=O) groups is 4. The molecule has 2 heterocycles. The Morgan fingerprint density at radius 1 is 0.649 bits per heavy atom. The van der Waals surface area contributed by atoms with Crippen LogP contribution in [0.2, 0.25) is 0 Å². The van der Waals surface area contributed by atoms with Gasteiger partial charge < -0.3 is 29.9 Å². The summed E-state index contributed by atoms with van der Waals surface area (Å²) in [6, 6.07) is 17.7. The quantitative estimate of drug-likeness (QED) is 0.237. The summed E-state index contributed by atoms with van der Waals surface area (Å²) in [6.45, 7) is 19.9. The lowest BCUT2D eigenvalue weighted by Gasteiger charge is -2.35. The molecule has 0 bridgehead atoms. The highest BCUT2D eigenvalue weighted by Crippen LogP contribution is 2.20. The number of nitrogens with one attached hydrogen (secondary N) is 1. The number of nitrogens with zero attached hydrogens (tertiary/aromatic N) is 3. The maximum absolute atomic E-state index is 12.3. The number of carbonyl (C=O) groups excluding carboxylic acids is 4. The summed E-state index contributed by atoms with van der Waals surface area (Å²) >= 11 is 10.1. The van der Waals surface area contributed by atoms with Crippen molar-refractivity contribution in [3.05, 3.63) is 101 Å². The lowest BCUT2D eigenvalue weighted by molar-refractivity contribution is -0.136. The monoisotopic (exact) mass is 982 g/mol. The second-order valence-corrected chi connectivity index (χ2v) is 18.2. The summed E-state index contributed by atoms with van der Waals surface area (Å²) in [6.07, 6.45) is -0.849. The van der Waals surface area contributed by atoms with Crippen LogP contribution in [-0.2, 0) is 38.8 Å². The molecule has 0 saturated carbocycles. The summed E-state index contributed by atoms with van der Waals surface area (Å²) in [7, 11) is 0. The van der Waals surface area contributed by atoms with Crippen LogP contribution in [0.4, 0.5) is 9.59 Å². The number of halogens is 3. The Kier molecular flexibility index (Phi) is 20.2. The second kappa shape index (κ2) is 23.2. The van der Waals surface area contributed by atoms with Gasteiger partial charge in [0.05, 0.1) is 13.2 Å². The van der Waals surface area contributed by atoms with Crippen LogP contribution in [0.5, 0.6) is 0 Å². The van der Waals surface area contributed by atoms with Crippen LogP contribution in [-0.4, -0.2) is 99.4 Å². The van der Waals surface area contributed by atoms with E-state index in [1.807, 2.05) is 96.1 Å². The fourth-order valence-corrected chi connectivity index (χ4v) is 6.62. The molecule has 3 aromatic carbocycles. The third kappa shape index (κ3) is 18.8. The van der Waals surface area contributed by atoms with Crippen molar-refractivity contribution in [3.8, 4) is 0 Å². The first-order valence-electron chi connectivity index (χ1n) is 18.5. The Labute approximate surface area is 362 Å². The first-order valence-corrected chi connectivity index (χ1v) is 20.9. The fraction of sp³-hybridized carbons (Fsp3) is 0.476. The number of aliphatic hydroxyl groups is 2. The van der Waals surface area contributed by atoms with Crippen LogP contribution < -0.4 is 5.32 Å². The molecular formula is C42H57Br3N4O8. The summed E-state index contributed by atoms with van der Waals surface area (Å²) in [5.74, 6) is -0.188. The molecule has 0 spiro atoms. The highest BCUT2D eigenvalue weighted by molar-refractivity contribution is 9.11. The van der Waals surface area contributed by atoms with Crippen molar-refractivity contribution in [1.29, 1.82) is 0 Å². The van der Waals surface area contributed by atoms with Gasteiger partial charge in [0.15, 0.2) is 0 Å². The Morgan fingerprint density at radius 2 is 1.05 bits per heavy atom. The van der Waals surface area contributed by atoms with Crippen molar-refractivity contribution in [3.63, 3.8) is 0 Å². The van der Waals surface area contributed by atoms with Crippen molar-refractivity contribution >= 4 is 71.8 Å². The zero-order valence-corrected chi connectivity index (χ0v) is 39.1. The Morgan fingerprint density at radius 3 is 1.40 bits per heavy atom. The topological polar surface area (TPSA) is 149 Å². The van der Waals surface area contributed by atoms with E-state index in [2.05, 4.69) is 53.1 Å². The van der Waals surface area contributed by atoms with Crippen molar-refractivity contribution in [2.75, 3.05) is 39.3 Å². The molecular weight excluding hydrogens is 928 g/mol. The van der Waals surface area contributed by atoms with Gasteiger partial charge in [0.25, 0.3) is 0 Å². The average molecular weight is 986 g/mol. The summed E-state index contributed by atoms with van der Waals surface area (Å²) < 4.78 is 13.6. The molecule has 0 unspecified atom stereocenters. The Hall–Kier alpha value is -3.50. The summed E-state index contributed by atoms with van der Waals surface area (Å²) in [5.41, 5.74) is 5.42. The zero-order valence-electron chi connectivity index (χ0n) is 34.4. The van der Waals surface area contributed by atoms with Crippen molar-refractivity contribution < 1.29 is 38.9 Å². The fourth-order valence-electron chi connectivity index (χ4n) is 5.19. The molecule has 2 fully saturated rings. The molecule has 0 radical (unpaired) electrons. The lowest BCUT2D eigenvalue weighted by atomic mass is 10.1. The van der Waals surface area contributed by atoms with Gasteiger partial charge in [-0.3, -0.25) is 19.4 Å². The first-order chi connectivity index (χ1) is 26.5. The number of hydrogen-bond donors (Lipinski definition) is 3. The van der Waals surface area contributed by atoms with E-state index in [4.69, 9.17) is 19.7 Å². The van der Waals surface area contributed by atoms with E-state index in [1.165, 1.54) is 9.80 Å². The number of ether oxygens (including phenoxy) is 2. The van der Waals surface area contributed by atoms with Gasteiger partial charge in [-0.05, 0) is 132 Å². The predicted molar refractivity (Wildman–Crippen MR) is 233 cm³/mol. The van der Waals surface area contributed by atoms with Crippen LogP contribution >= 0.6 is 47.8 Å². The maximum atomic E-state index is 12.3. The second-order valence-electron chi connectivity index (χ2n) is 15.5. The standard InChI is InChI=1S/C17H23BrN2O3.C9H16N2O3.2C8H9BrO/c1-12-9-14(18)6-5-13(12)10-19-7-8-20(11-15(19)21)16(22)23-17(2,3)4;1-9(2,3)14-8(13)11-5-4-10-7(12)6-11;2*1-6-4-8(9)3-2-7(6)5-10/h5-6,9H,7-8,10-11H2,1-4H3;4-6H2,1-3H3,(H,10,12);2*2-4,10H,5H2,1H3. The number of aliphatic hydroxyl groups excluding tert-OH is 2. The molecule has 15 heteroatoms. The minimum Gasteiger partial charge on any atom is -0.444 e. The normalized spacial score (nSPS) is 14.2. The summed E-state index contributed by atoms with van der Waals surface area (Å²) in [4.78, 5) is 51.5. The smallest absolute Gasteiger partial charge is 0.410 e. The van der Waals surface area contributed by atoms with Crippen molar-refractivity contribution in [2.45, 2.75) is 93.3 Å². The molecule has 2 aliphatic rings.